The third kappa shape index (κ3) is 3.59. The van der Waals surface area contributed by atoms with Gasteiger partial charge in [-0.1, -0.05) is 18.2 Å². The molecule has 0 spiro atoms. The molecule has 0 fully saturated rings. The highest BCUT2D eigenvalue weighted by Gasteiger charge is 2.37. The SMILES string of the molecule is COc1ccc(-c2cc(C(F)(F)F)n3nc(N4CCCc5ccccc54)c(C=O)c3n2)cc1. The first-order valence-electron chi connectivity index (χ1n) is 10.4. The molecular formula is C24H19F3N4O2. The Bertz CT molecular complexity index is 1350. The third-order valence-electron chi connectivity index (χ3n) is 5.77. The van der Waals surface area contributed by atoms with Gasteiger partial charge in [-0.2, -0.15) is 13.2 Å². The number of aromatic nitrogens is 3. The average Bonchev–Trinajstić information content (AvgIpc) is 3.20. The molecule has 0 saturated carbocycles. The molecule has 0 radical (unpaired) electrons. The van der Waals surface area contributed by atoms with Crippen molar-refractivity contribution in [1.29, 1.82) is 0 Å². The Morgan fingerprint density at radius 2 is 1.85 bits per heavy atom. The Morgan fingerprint density at radius 3 is 2.55 bits per heavy atom. The topological polar surface area (TPSA) is 59.7 Å². The number of hydrogen-bond acceptors (Lipinski definition) is 5. The zero-order valence-electron chi connectivity index (χ0n) is 17.6. The Balaban J connectivity index is 1.75. The van der Waals surface area contributed by atoms with Crippen LogP contribution in [0.4, 0.5) is 24.7 Å². The molecule has 4 aromatic rings. The summed E-state index contributed by atoms with van der Waals surface area (Å²) in [6.07, 6.45) is -2.53. The maximum atomic E-state index is 14.0. The minimum absolute atomic E-state index is 0.0209. The van der Waals surface area contributed by atoms with E-state index >= 15 is 0 Å². The normalized spacial score (nSPS) is 13.8. The van der Waals surface area contributed by atoms with Crippen molar-refractivity contribution in [2.24, 2.45) is 0 Å². The van der Waals surface area contributed by atoms with Gasteiger partial charge in [-0.05, 0) is 54.8 Å². The highest BCUT2D eigenvalue weighted by atomic mass is 19.4. The average molecular weight is 452 g/mol. The smallest absolute Gasteiger partial charge is 0.433 e. The van der Waals surface area contributed by atoms with Gasteiger partial charge in [0.25, 0.3) is 0 Å². The number of carbonyl (C=O) groups is 1. The monoisotopic (exact) mass is 452 g/mol. The summed E-state index contributed by atoms with van der Waals surface area (Å²) in [6, 6.07) is 15.1. The largest absolute Gasteiger partial charge is 0.497 e. The predicted molar refractivity (Wildman–Crippen MR) is 117 cm³/mol. The molecule has 168 valence electrons. The van der Waals surface area contributed by atoms with Gasteiger partial charge >= 0.3 is 6.18 Å². The number of carbonyl (C=O) groups excluding carboxylic acids is 1. The summed E-state index contributed by atoms with van der Waals surface area (Å²) in [4.78, 5) is 18.3. The molecule has 5 rings (SSSR count). The number of rotatable bonds is 4. The second-order valence-corrected chi connectivity index (χ2v) is 7.73. The number of halogens is 3. The Labute approximate surface area is 187 Å². The number of ether oxygens (including phenoxy) is 1. The van der Waals surface area contributed by atoms with Gasteiger partial charge in [0.1, 0.15) is 11.3 Å². The number of benzene rings is 2. The predicted octanol–water partition coefficient (Wildman–Crippen LogP) is 5.32. The van der Waals surface area contributed by atoms with Crippen molar-refractivity contribution in [1.82, 2.24) is 14.6 Å². The first kappa shape index (κ1) is 21.0. The number of methoxy groups -OCH3 is 1. The third-order valence-corrected chi connectivity index (χ3v) is 5.77. The van der Waals surface area contributed by atoms with Gasteiger partial charge in [0.05, 0.1) is 12.8 Å². The number of para-hydroxylation sites is 1. The second kappa shape index (κ2) is 7.91. The minimum Gasteiger partial charge on any atom is -0.497 e. The highest BCUT2D eigenvalue weighted by Crippen LogP contribution is 2.38. The Kier molecular flexibility index (Phi) is 5.03. The van der Waals surface area contributed by atoms with E-state index in [1.54, 1.807) is 29.2 Å². The van der Waals surface area contributed by atoms with Crippen molar-refractivity contribution in [3.8, 4) is 17.0 Å². The number of fused-ring (bicyclic) bond motifs is 2. The first-order chi connectivity index (χ1) is 15.9. The Morgan fingerprint density at radius 1 is 1.09 bits per heavy atom. The van der Waals surface area contributed by atoms with E-state index in [2.05, 4.69) is 10.1 Å². The number of aldehydes is 1. The van der Waals surface area contributed by atoms with E-state index in [0.717, 1.165) is 34.7 Å². The summed E-state index contributed by atoms with van der Waals surface area (Å²) in [5.41, 5.74) is 1.33. The van der Waals surface area contributed by atoms with Crippen LogP contribution in [0.25, 0.3) is 16.9 Å². The summed E-state index contributed by atoms with van der Waals surface area (Å²) in [6.45, 7) is 0.536. The lowest BCUT2D eigenvalue weighted by atomic mass is 10.0. The molecule has 0 amide bonds. The van der Waals surface area contributed by atoms with Crippen molar-refractivity contribution in [2.75, 3.05) is 18.6 Å². The number of alkyl halides is 3. The highest BCUT2D eigenvalue weighted by molar-refractivity contribution is 5.94. The van der Waals surface area contributed by atoms with Crippen LogP contribution in [-0.4, -0.2) is 34.5 Å². The van der Waals surface area contributed by atoms with E-state index < -0.39 is 11.9 Å². The van der Waals surface area contributed by atoms with Gasteiger partial charge < -0.3 is 9.64 Å². The minimum atomic E-state index is -4.70. The lowest BCUT2D eigenvalue weighted by Gasteiger charge is -2.29. The van der Waals surface area contributed by atoms with E-state index in [-0.39, 0.29) is 22.7 Å². The standard InChI is InChI=1S/C24H19F3N4O2/c1-33-17-10-8-15(9-11-17)19-13-21(24(25,26)27)31-22(28-19)18(14-32)23(29-31)30-12-4-6-16-5-2-3-7-20(16)30/h2-3,5,7-11,13-14H,4,6,12H2,1H3. The van der Waals surface area contributed by atoms with Gasteiger partial charge in [-0.15, -0.1) is 5.10 Å². The molecule has 0 saturated heterocycles. The molecule has 1 aliphatic rings. The maximum absolute atomic E-state index is 14.0. The van der Waals surface area contributed by atoms with Crippen LogP contribution in [-0.2, 0) is 12.6 Å². The van der Waals surface area contributed by atoms with Crippen LogP contribution >= 0.6 is 0 Å². The molecule has 0 aliphatic carbocycles. The number of hydrogen-bond donors (Lipinski definition) is 0. The molecule has 2 aromatic carbocycles. The van der Waals surface area contributed by atoms with Crippen LogP contribution in [0.5, 0.6) is 5.75 Å². The van der Waals surface area contributed by atoms with Crippen LogP contribution in [0.3, 0.4) is 0 Å². The van der Waals surface area contributed by atoms with E-state index in [1.165, 1.54) is 7.11 Å². The lowest BCUT2D eigenvalue weighted by molar-refractivity contribution is -0.142. The van der Waals surface area contributed by atoms with E-state index in [1.807, 2.05) is 24.3 Å². The number of nitrogens with zero attached hydrogens (tertiary/aromatic N) is 4. The summed E-state index contributed by atoms with van der Waals surface area (Å²) < 4.78 is 48.0. The van der Waals surface area contributed by atoms with Crippen LogP contribution in [0.15, 0.2) is 54.6 Å². The van der Waals surface area contributed by atoms with Gasteiger partial charge in [0.2, 0.25) is 0 Å². The molecule has 0 unspecified atom stereocenters. The summed E-state index contributed by atoms with van der Waals surface area (Å²) >= 11 is 0. The number of aryl methyl sites for hydroxylation is 1. The molecule has 3 heterocycles. The molecule has 6 nitrogen and oxygen atoms in total. The van der Waals surface area contributed by atoms with Gasteiger partial charge in [-0.25, -0.2) is 9.50 Å². The van der Waals surface area contributed by atoms with E-state index in [4.69, 9.17) is 4.74 Å². The molecule has 0 atom stereocenters. The van der Waals surface area contributed by atoms with Crippen molar-refractivity contribution in [2.45, 2.75) is 19.0 Å². The summed E-state index contributed by atoms with van der Waals surface area (Å²) in [5, 5.41) is 4.24. The van der Waals surface area contributed by atoms with Gasteiger partial charge in [-0.3, -0.25) is 4.79 Å². The van der Waals surface area contributed by atoms with Crippen LogP contribution in [0, 0.1) is 0 Å². The molecule has 9 heteroatoms. The van der Waals surface area contributed by atoms with Crippen LogP contribution in [0.1, 0.15) is 28.0 Å². The number of anilines is 2. The van der Waals surface area contributed by atoms with E-state index in [9.17, 15) is 18.0 Å². The van der Waals surface area contributed by atoms with Gasteiger partial charge in [0, 0.05) is 17.8 Å². The summed E-state index contributed by atoms with van der Waals surface area (Å²) in [7, 11) is 1.50. The quantitative estimate of drug-likeness (QED) is 0.392. The molecule has 2 aromatic heterocycles. The molecule has 0 N–H and O–H groups in total. The van der Waals surface area contributed by atoms with Crippen molar-refractivity contribution in [3.05, 3.63) is 71.4 Å². The zero-order valence-corrected chi connectivity index (χ0v) is 17.6. The molecule has 1 aliphatic heterocycles. The fourth-order valence-electron chi connectivity index (χ4n) is 4.19. The molecule has 33 heavy (non-hydrogen) atoms. The lowest BCUT2D eigenvalue weighted by Crippen LogP contribution is -2.25. The van der Waals surface area contributed by atoms with Crippen molar-refractivity contribution in [3.63, 3.8) is 0 Å². The first-order valence-corrected chi connectivity index (χ1v) is 10.4. The summed E-state index contributed by atoms with van der Waals surface area (Å²) in [5.74, 6) is 0.738. The van der Waals surface area contributed by atoms with Gasteiger partial charge in [0.15, 0.2) is 23.4 Å². The van der Waals surface area contributed by atoms with E-state index in [0.29, 0.717) is 24.1 Å². The molecule has 0 bridgehead atoms. The van der Waals surface area contributed by atoms with Crippen molar-refractivity contribution < 1.29 is 22.7 Å². The molecular weight excluding hydrogens is 433 g/mol. The fourth-order valence-corrected chi connectivity index (χ4v) is 4.19. The second-order valence-electron chi connectivity index (χ2n) is 7.73. The van der Waals surface area contributed by atoms with Crippen molar-refractivity contribution >= 4 is 23.4 Å². The van der Waals surface area contributed by atoms with Crippen LogP contribution in [0.2, 0.25) is 0 Å². The zero-order chi connectivity index (χ0) is 23.2. The fraction of sp³-hybridized carbons (Fsp3) is 0.208. The Hall–Kier alpha value is -3.88. The maximum Gasteiger partial charge on any atom is 0.433 e. The van der Waals surface area contributed by atoms with Crippen LogP contribution < -0.4 is 9.64 Å².